The molecule has 0 aromatic heterocycles. The van der Waals surface area contributed by atoms with Crippen molar-refractivity contribution in [3.05, 3.63) is 0 Å². The van der Waals surface area contributed by atoms with E-state index in [1.165, 1.54) is 0 Å². The lowest BCUT2D eigenvalue weighted by Crippen LogP contribution is -2.24. The zero-order valence-electron chi connectivity index (χ0n) is 7.40. The van der Waals surface area contributed by atoms with Gasteiger partial charge in [-0.25, -0.2) is 0 Å². The summed E-state index contributed by atoms with van der Waals surface area (Å²) in [4.78, 5) is 0. The molecule has 0 aromatic carbocycles. The van der Waals surface area contributed by atoms with E-state index in [2.05, 4.69) is 12.2 Å². The van der Waals surface area contributed by atoms with Crippen molar-refractivity contribution in [3.8, 4) is 0 Å². The van der Waals surface area contributed by atoms with E-state index < -0.39 is 0 Å². The summed E-state index contributed by atoms with van der Waals surface area (Å²) >= 11 is 0. The van der Waals surface area contributed by atoms with Crippen LogP contribution in [0.25, 0.3) is 0 Å². The standard InChI is InChI=1S/C8H18FNO/c1-8(7-11-2)6-10-5-3-4-9/h8,10H,3-7H2,1-2H3. The van der Waals surface area contributed by atoms with Gasteiger partial charge in [0.15, 0.2) is 0 Å². The maximum atomic E-state index is 11.6. The molecule has 0 aliphatic carbocycles. The van der Waals surface area contributed by atoms with Gasteiger partial charge in [-0.2, -0.15) is 0 Å². The lowest BCUT2D eigenvalue weighted by molar-refractivity contribution is 0.158. The molecule has 0 rings (SSSR count). The Balaban J connectivity index is 2.97. The maximum absolute atomic E-state index is 11.6. The van der Waals surface area contributed by atoms with Crippen molar-refractivity contribution in [1.29, 1.82) is 0 Å². The van der Waals surface area contributed by atoms with Crippen LogP contribution in [0.2, 0.25) is 0 Å². The molecule has 68 valence electrons. The van der Waals surface area contributed by atoms with Gasteiger partial charge in [0, 0.05) is 13.7 Å². The van der Waals surface area contributed by atoms with Crippen molar-refractivity contribution in [2.45, 2.75) is 13.3 Å². The van der Waals surface area contributed by atoms with E-state index in [9.17, 15) is 4.39 Å². The van der Waals surface area contributed by atoms with Gasteiger partial charge in [0.1, 0.15) is 0 Å². The smallest absolute Gasteiger partial charge is 0.0906 e. The molecule has 0 fully saturated rings. The van der Waals surface area contributed by atoms with Crippen LogP contribution < -0.4 is 5.32 Å². The van der Waals surface area contributed by atoms with Gasteiger partial charge in [-0.3, -0.25) is 4.39 Å². The Labute approximate surface area is 68.1 Å². The Morgan fingerprint density at radius 2 is 2.27 bits per heavy atom. The summed E-state index contributed by atoms with van der Waals surface area (Å²) in [6.45, 7) is 4.32. The number of rotatable bonds is 7. The molecule has 0 radical (unpaired) electrons. The van der Waals surface area contributed by atoms with Crippen LogP contribution in [-0.4, -0.2) is 33.5 Å². The minimum absolute atomic E-state index is 0.230. The number of halogens is 1. The maximum Gasteiger partial charge on any atom is 0.0906 e. The first-order chi connectivity index (χ1) is 5.31. The first-order valence-corrected chi connectivity index (χ1v) is 4.07. The number of hydrogen-bond acceptors (Lipinski definition) is 2. The minimum Gasteiger partial charge on any atom is -0.384 e. The second-order valence-corrected chi connectivity index (χ2v) is 2.81. The Morgan fingerprint density at radius 3 is 2.82 bits per heavy atom. The van der Waals surface area contributed by atoms with Gasteiger partial charge in [-0.1, -0.05) is 6.92 Å². The van der Waals surface area contributed by atoms with Gasteiger partial charge in [-0.05, 0) is 25.4 Å². The molecule has 3 heteroatoms. The molecule has 1 unspecified atom stereocenters. The van der Waals surface area contributed by atoms with Crippen LogP contribution in [0.15, 0.2) is 0 Å². The lowest BCUT2D eigenvalue weighted by atomic mass is 10.2. The molecule has 0 saturated heterocycles. The Bertz CT molecular complexity index is 80.5. The van der Waals surface area contributed by atoms with Gasteiger partial charge >= 0.3 is 0 Å². The molecule has 1 N–H and O–H groups in total. The Hall–Kier alpha value is -0.150. The van der Waals surface area contributed by atoms with E-state index in [-0.39, 0.29) is 6.67 Å². The third-order valence-corrected chi connectivity index (χ3v) is 1.43. The highest BCUT2D eigenvalue weighted by atomic mass is 19.1. The molecule has 0 aliphatic heterocycles. The molecule has 0 aromatic rings. The summed E-state index contributed by atoms with van der Waals surface area (Å²) in [5, 5.41) is 3.15. The zero-order valence-corrected chi connectivity index (χ0v) is 7.40. The fourth-order valence-corrected chi connectivity index (χ4v) is 0.884. The van der Waals surface area contributed by atoms with Crippen LogP contribution in [0.3, 0.4) is 0 Å². The van der Waals surface area contributed by atoms with Crippen molar-refractivity contribution >= 4 is 0 Å². The van der Waals surface area contributed by atoms with E-state index in [0.29, 0.717) is 12.3 Å². The van der Waals surface area contributed by atoms with Crippen molar-refractivity contribution < 1.29 is 9.13 Å². The third kappa shape index (κ3) is 7.75. The molecule has 0 aliphatic rings. The fourth-order valence-electron chi connectivity index (χ4n) is 0.884. The number of nitrogens with one attached hydrogen (secondary N) is 1. The topological polar surface area (TPSA) is 21.3 Å². The monoisotopic (exact) mass is 163 g/mol. The van der Waals surface area contributed by atoms with Crippen molar-refractivity contribution in [2.24, 2.45) is 5.92 Å². The summed E-state index contributed by atoms with van der Waals surface area (Å²) in [5.74, 6) is 0.514. The fraction of sp³-hybridized carbons (Fsp3) is 1.00. The normalized spacial score (nSPS) is 13.4. The third-order valence-electron chi connectivity index (χ3n) is 1.43. The van der Waals surface area contributed by atoms with Crippen LogP contribution in [0.4, 0.5) is 4.39 Å². The predicted octanol–water partition coefficient (Wildman–Crippen LogP) is 1.22. The van der Waals surface area contributed by atoms with Crippen LogP contribution in [0, 0.1) is 5.92 Å². The second kappa shape index (κ2) is 7.95. The van der Waals surface area contributed by atoms with Gasteiger partial charge in [0.05, 0.1) is 6.67 Å². The minimum atomic E-state index is -0.230. The van der Waals surface area contributed by atoms with Gasteiger partial charge < -0.3 is 10.1 Å². The number of methoxy groups -OCH3 is 1. The van der Waals surface area contributed by atoms with E-state index >= 15 is 0 Å². The van der Waals surface area contributed by atoms with Crippen LogP contribution in [0.5, 0.6) is 0 Å². The van der Waals surface area contributed by atoms with Crippen molar-refractivity contribution in [3.63, 3.8) is 0 Å². The molecule has 1 atom stereocenters. The summed E-state index contributed by atoms with van der Waals surface area (Å²) in [6.07, 6.45) is 0.611. The summed E-state index contributed by atoms with van der Waals surface area (Å²) in [6, 6.07) is 0. The van der Waals surface area contributed by atoms with Gasteiger partial charge in [-0.15, -0.1) is 0 Å². The SMILES string of the molecule is COCC(C)CNCCCF. The molecular formula is C8H18FNO. The Morgan fingerprint density at radius 1 is 1.55 bits per heavy atom. The first-order valence-electron chi connectivity index (χ1n) is 4.07. The number of ether oxygens (including phenoxy) is 1. The predicted molar refractivity (Wildman–Crippen MR) is 44.5 cm³/mol. The Kier molecular flexibility index (Phi) is 7.84. The molecule has 2 nitrogen and oxygen atoms in total. The van der Waals surface area contributed by atoms with Crippen LogP contribution in [-0.2, 0) is 4.74 Å². The molecule has 0 saturated carbocycles. The highest BCUT2D eigenvalue weighted by Gasteiger charge is 1.98. The van der Waals surface area contributed by atoms with Gasteiger partial charge in [0.2, 0.25) is 0 Å². The zero-order chi connectivity index (χ0) is 8.53. The highest BCUT2D eigenvalue weighted by molar-refractivity contribution is 4.55. The summed E-state index contributed by atoms with van der Waals surface area (Å²) in [7, 11) is 1.69. The molecule has 11 heavy (non-hydrogen) atoms. The van der Waals surface area contributed by atoms with Crippen LogP contribution >= 0.6 is 0 Å². The lowest BCUT2D eigenvalue weighted by Gasteiger charge is -2.10. The molecule has 0 amide bonds. The first kappa shape index (κ1) is 10.8. The van der Waals surface area contributed by atoms with E-state index in [1.807, 2.05) is 0 Å². The van der Waals surface area contributed by atoms with Crippen LogP contribution in [0.1, 0.15) is 13.3 Å². The average Bonchev–Trinajstić information content (AvgIpc) is 1.99. The molecule has 0 heterocycles. The molecular weight excluding hydrogens is 145 g/mol. The molecule has 0 spiro atoms. The average molecular weight is 163 g/mol. The summed E-state index contributed by atoms with van der Waals surface area (Å²) < 4.78 is 16.5. The van der Waals surface area contributed by atoms with Crippen molar-refractivity contribution in [1.82, 2.24) is 5.32 Å². The van der Waals surface area contributed by atoms with E-state index in [1.54, 1.807) is 7.11 Å². The molecule has 0 bridgehead atoms. The highest BCUT2D eigenvalue weighted by Crippen LogP contribution is 1.91. The van der Waals surface area contributed by atoms with Gasteiger partial charge in [0.25, 0.3) is 0 Å². The largest absolute Gasteiger partial charge is 0.384 e. The van der Waals surface area contributed by atoms with Crippen molar-refractivity contribution in [2.75, 3.05) is 33.5 Å². The summed E-state index contributed by atoms with van der Waals surface area (Å²) in [5.41, 5.74) is 0. The quantitative estimate of drug-likeness (QED) is 0.570. The van der Waals surface area contributed by atoms with E-state index in [4.69, 9.17) is 4.74 Å². The number of alkyl halides is 1. The number of hydrogen-bond donors (Lipinski definition) is 1. The van der Waals surface area contributed by atoms with E-state index in [0.717, 1.165) is 19.7 Å². The second-order valence-electron chi connectivity index (χ2n) is 2.81.